The predicted octanol–water partition coefficient (Wildman–Crippen LogP) is 3.43. The number of nitrogens with two attached hydrogens (primary N) is 1. The first-order chi connectivity index (χ1) is 6.16. The fourth-order valence-corrected chi connectivity index (χ4v) is 2.03. The molecule has 1 atom stereocenters. The number of thioether (sulfide) groups is 1. The lowest BCUT2D eigenvalue weighted by molar-refractivity contribution is 0.579. The van der Waals surface area contributed by atoms with E-state index in [1.54, 1.807) is 0 Å². The van der Waals surface area contributed by atoms with Crippen molar-refractivity contribution in [3.05, 3.63) is 0 Å². The zero-order chi connectivity index (χ0) is 10.1. The van der Waals surface area contributed by atoms with Crippen LogP contribution in [0.15, 0.2) is 0 Å². The van der Waals surface area contributed by atoms with E-state index in [9.17, 15) is 0 Å². The number of hydrogen-bond donors (Lipinski definition) is 1. The smallest absolute Gasteiger partial charge is 0.0130 e. The van der Waals surface area contributed by atoms with E-state index in [0.717, 1.165) is 11.0 Å². The fourth-order valence-electron chi connectivity index (χ4n) is 1.23. The molecule has 0 spiro atoms. The van der Waals surface area contributed by atoms with Crippen LogP contribution >= 0.6 is 11.8 Å². The van der Waals surface area contributed by atoms with Gasteiger partial charge in [-0.05, 0) is 11.7 Å². The van der Waals surface area contributed by atoms with E-state index in [4.69, 9.17) is 5.73 Å². The van der Waals surface area contributed by atoms with E-state index in [-0.39, 0.29) is 0 Å². The van der Waals surface area contributed by atoms with Crippen molar-refractivity contribution in [3.8, 4) is 0 Å². The summed E-state index contributed by atoms with van der Waals surface area (Å²) in [6.45, 7) is 6.71. The van der Waals surface area contributed by atoms with Crippen LogP contribution in [0.4, 0.5) is 0 Å². The maximum Gasteiger partial charge on any atom is 0.0130 e. The maximum absolute atomic E-state index is 5.98. The van der Waals surface area contributed by atoms with Crippen LogP contribution < -0.4 is 5.73 Å². The molecule has 0 aromatic carbocycles. The van der Waals surface area contributed by atoms with E-state index in [1.807, 2.05) is 11.8 Å². The molecule has 0 aliphatic heterocycles. The second kappa shape index (κ2) is 8.89. The van der Waals surface area contributed by atoms with Crippen LogP contribution in [0.25, 0.3) is 0 Å². The first-order valence-electron chi connectivity index (χ1n) is 5.54. The Kier molecular flexibility index (Phi) is 9.10. The van der Waals surface area contributed by atoms with Crippen LogP contribution in [0.5, 0.6) is 0 Å². The minimum Gasteiger partial charge on any atom is -0.327 e. The second-order valence-corrected chi connectivity index (χ2v) is 5.60. The SMILES string of the molecule is CCCCCCC(N)CSC(C)C. The molecule has 0 amide bonds. The zero-order valence-electron chi connectivity index (χ0n) is 9.38. The van der Waals surface area contributed by atoms with Crippen LogP contribution in [0.1, 0.15) is 52.9 Å². The van der Waals surface area contributed by atoms with Gasteiger partial charge >= 0.3 is 0 Å². The molecular formula is C11H25NS. The van der Waals surface area contributed by atoms with Gasteiger partial charge in [-0.1, -0.05) is 46.5 Å². The van der Waals surface area contributed by atoms with E-state index < -0.39 is 0 Å². The van der Waals surface area contributed by atoms with Crippen LogP contribution in [-0.4, -0.2) is 17.0 Å². The molecule has 2 heteroatoms. The molecule has 0 rings (SSSR count). The van der Waals surface area contributed by atoms with Crippen LogP contribution in [0, 0.1) is 0 Å². The van der Waals surface area contributed by atoms with Gasteiger partial charge in [-0.25, -0.2) is 0 Å². The van der Waals surface area contributed by atoms with Crippen molar-refractivity contribution in [2.75, 3.05) is 5.75 Å². The van der Waals surface area contributed by atoms with Crippen molar-refractivity contribution in [2.45, 2.75) is 64.2 Å². The van der Waals surface area contributed by atoms with E-state index in [0.29, 0.717) is 6.04 Å². The fraction of sp³-hybridized carbons (Fsp3) is 1.00. The molecule has 0 saturated heterocycles. The molecule has 2 N–H and O–H groups in total. The first kappa shape index (κ1) is 13.3. The Morgan fingerprint density at radius 1 is 1.15 bits per heavy atom. The number of rotatable bonds is 8. The minimum absolute atomic E-state index is 0.421. The van der Waals surface area contributed by atoms with Crippen molar-refractivity contribution < 1.29 is 0 Å². The summed E-state index contributed by atoms with van der Waals surface area (Å²) in [5, 5.41) is 0.724. The third-order valence-electron chi connectivity index (χ3n) is 2.07. The highest BCUT2D eigenvalue weighted by molar-refractivity contribution is 7.99. The summed E-state index contributed by atoms with van der Waals surface area (Å²) >= 11 is 1.98. The summed E-state index contributed by atoms with van der Waals surface area (Å²) in [5.41, 5.74) is 5.98. The van der Waals surface area contributed by atoms with Gasteiger partial charge in [0, 0.05) is 11.8 Å². The normalized spacial score (nSPS) is 13.6. The lowest BCUT2D eigenvalue weighted by Gasteiger charge is -2.12. The Bertz CT molecular complexity index is 104. The molecule has 0 radical (unpaired) electrons. The highest BCUT2D eigenvalue weighted by Gasteiger charge is 2.03. The minimum atomic E-state index is 0.421. The van der Waals surface area contributed by atoms with Crippen LogP contribution in [-0.2, 0) is 0 Å². The van der Waals surface area contributed by atoms with Gasteiger partial charge < -0.3 is 5.73 Å². The Labute approximate surface area is 87.9 Å². The highest BCUT2D eigenvalue weighted by Crippen LogP contribution is 2.13. The molecular weight excluding hydrogens is 178 g/mol. The zero-order valence-corrected chi connectivity index (χ0v) is 10.2. The maximum atomic E-state index is 5.98. The molecule has 0 heterocycles. The lowest BCUT2D eigenvalue weighted by atomic mass is 10.1. The Morgan fingerprint density at radius 3 is 2.38 bits per heavy atom. The molecule has 0 aromatic rings. The molecule has 1 unspecified atom stereocenters. The summed E-state index contributed by atoms with van der Waals surface area (Å²) in [6.07, 6.45) is 6.56. The van der Waals surface area contributed by atoms with Gasteiger partial charge in [-0.15, -0.1) is 0 Å². The molecule has 0 saturated carbocycles. The average Bonchev–Trinajstić information content (AvgIpc) is 2.09. The number of hydrogen-bond acceptors (Lipinski definition) is 2. The Hall–Kier alpha value is 0.310. The van der Waals surface area contributed by atoms with E-state index in [1.165, 1.54) is 32.1 Å². The molecule has 0 aliphatic rings. The molecule has 0 bridgehead atoms. The summed E-state index contributed by atoms with van der Waals surface area (Å²) in [5.74, 6) is 1.13. The topological polar surface area (TPSA) is 26.0 Å². The third-order valence-corrected chi connectivity index (χ3v) is 3.36. The lowest BCUT2D eigenvalue weighted by Crippen LogP contribution is -2.23. The summed E-state index contributed by atoms with van der Waals surface area (Å²) in [6, 6.07) is 0.421. The monoisotopic (exact) mass is 203 g/mol. The van der Waals surface area contributed by atoms with Crippen LogP contribution in [0.2, 0.25) is 0 Å². The van der Waals surface area contributed by atoms with E-state index in [2.05, 4.69) is 20.8 Å². The highest BCUT2D eigenvalue weighted by atomic mass is 32.2. The van der Waals surface area contributed by atoms with Crippen molar-refractivity contribution in [1.29, 1.82) is 0 Å². The van der Waals surface area contributed by atoms with Crippen molar-refractivity contribution in [2.24, 2.45) is 5.73 Å². The predicted molar refractivity (Wildman–Crippen MR) is 64.3 cm³/mol. The first-order valence-corrected chi connectivity index (χ1v) is 6.58. The second-order valence-electron chi connectivity index (χ2n) is 3.99. The van der Waals surface area contributed by atoms with Crippen molar-refractivity contribution >= 4 is 11.8 Å². The largest absolute Gasteiger partial charge is 0.327 e. The molecule has 0 aliphatic carbocycles. The summed E-state index contributed by atoms with van der Waals surface area (Å²) in [4.78, 5) is 0. The van der Waals surface area contributed by atoms with Gasteiger partial charge in [0.05, 0.1) is 0 Å². The van der Waals surface area contributed by atoms with Gasteiger partial charge in [0.25, 0.3) is 0 Å². The van der Waals surface area contributed by atoms with Crippen molar-refractivity contribution in [3.63, 3.8) is 0 Å². The van der Waals surface area contributed by atoms with E-state index >= 15 is 0 Å². The summed E-state index contributed by atoms with van der Waals surface area (Å²) in [7, 11) is 0. The van der Waals surface area contributed by atoms with Crippen LogP contribution in [0.3, 0.4) is 0 Å². The van der Waals surface area contributed by atoms with Gasteiger partial charge in [0.15, 0.2) is 0 Å². The van der Waals surface area contributed by atoms with Crippen molar-refractivity contribution in [1.82, 2.24) is 0 Å². The van der Waals surface area contributed by atoms with Gasteiger partial charge in [-0.2, -0.15) is 11.8 Å². The Morgan fingerprint density at radius 2 is 1.85 bits per heavy atom. The number of unbranched alkanes of at least 4 members (excludes halogenated alkanes) is 3. The molecule has 13 heavy (non-hydrogen) atoms. The quantitative estimate of drug-likeness (QED) is 0.612. The molecule has 80 valence electrons. The van der Waals surface area contributed by atoms with Gasteiger partial charge in [-0.3, -0.25) is 0 Å². The molecule has 0 fully saturated rings. The Balaban J connectivity index is 3.15. The average molecular weight is 203 g/mol. The standard InChI is InChI=1S/C11H25NS/c1-4-5-6-7-8-11(12)9-13-10(2)3/h10-11H,4-9,12H2,1-3H3. The molecule has 1 nitrogen and oxygen atoms in total. The van der Waals surface area contributed by atoms with Gasteiger partial charge in [0.1, 0.15) is 0 Å². The third kappa shape index (κ3) is 10.2. The van der Waals surface area contributed by atoms with Gasteiger partial charge in [0.2, 0.25) is 0 Å². The summed E-state index contributed by atoms with van der Waals surface area (Å²) < 4.78 is 0. The molecule has 0 aromatic heterocycles.